The topological polar surface area (TPSA) is 66.5 Å². The number of anilines is 1. The number of amides is 1. The largest absolute Gasteiger partial charge is 0.350 e. The van der Waals surface area contributed by atoms with Crippen LogP contribution in [0.2, 0.25) is 10.0 Å². The molecule has 0 aromatic heterocycles. The Morgan fingerprint density at radius 1 is 0.882 bits per heavy atom. The number of hydrogen-bond acceptors (Lipinski definition) is 3. The zero-order valence-electron chi connectivity index (χ0n) is 18.3. The molecular weight excluding hydrogens is 491 g/mol. The van der Waals surface area contributed by atoms with E-state index in [-0.39, 0.29) is 22.2 Å². The predicted molar refractivity (Wildman–Crippen MR) is 138 cm³/mol. The van der Waals surface area contributed by atoms with Gasteiger partial charge in [-0.1, -0.05) is 83.4 Å². The Morgan fingerprint density at radius 2 is 1.59 bits per heavy atom. The normalized spacial score (nSPS) is 11.4. The molecule has 8 heteroatoms. The first-order valence-corrected chi connectivity index (χ1v) is 12.7. The lowest BCUT2D eigenvalue weighted by atomic mass is 10.0. The summed E-state index contributed by atoms with van der Waals surface area (Å²) in [4.78, 5) is 13.0. The maximum absolute atomic E-state index is 13.5. The maximum Gasteiger partial charge on any atom is 0.264 e. The summed E-state index contributed by atoms with van der Waals surface area (Å²) in [6.07, 6.45) is 0. The van der Waals surface area contributed by atoms with Crippen LogP contribution >= 0.6 is 23.2 Å². The fraction of sp³-hybridized carbons (Fsp3) is 0.115. The molecule has 0 radical (unpaired) electrons. The number of rotatable bonds is 7. The molecule has 1 N–H and O–H groups in total. The zero-order chi connectivity index (χ0) is 24.3. The molecule has 0 aliphatic carbocycles. The van der Waals surface area contributed by atoms with E-state index >= 15 is 0 Å². The highest BCUT2D eigenvalue weighted by atomic mass is 35.5. The van der Waals surface area contributed by atoms with Crippen LogP contribution in [-0.2, 0) is 21.4 Å². The van der Waals surface area contributed by atoms with Crippen molar-refractivity contribution in [3.63, 3.8) is 0 Å². The number of fused-ring (bicyclic) bond motifs is 1. The van der Waals surface area contributed by atoms with Crippen LogP contribution in [0.15, 0.2) is 89.8 Å². The molecular formula is C26H22Cl2N2O3S. The number of carbonyl (C=O) groups is 1. The van der Waals surface area contributed by atoms with Gasteiger partial charge < -0.3 is 5.32 Å². The highest BCUT2D eigenvalue weighted by molar-refractivity contribution is 7.92. The third-order valence-corrected chi connectivity index (χ3v) is 7.97. The van der Waals surface area contributed by atoms with E-state index in [0.717, 1.165) is 26.2 Å². The van der Waals surface area contributed by atoms with Crippen LogP contribution in [0.4, 0.5) is 5.69 Å². The summed E-state index contributed by atoms with van der Waals surface area (Å²) in [6, 6.07) is 24.7. The molecule has 4 aromatic rings. The minimum Gasteiger partial charge on any atom is -0.350 e. The molecule has 34 heavy (non-hydrogen) atoms. The molecule has 5 nitrogen and oxygen atoms in total. The third-order valence-electron chi connectivity index (χ3n) is 5.44. The van der Waals surface area contributed by atoms with Gasteiger partial charge in [0.15, 0.2) is 0 Å². The van der Waals surface area contributed by atoms with Crippen LogP contribution in [0.25, 0.3) is 10.8 Å². The number of aryl methyl sites for hydroxylation is 1. The smallest absolute Gasteiger partial charge is 0.264 e. The molecule has 1 amide bonds. The van der Waals surface area contributed by atoms with Crippen molar-refractivity contribution >= 4 is 55.6 Å². The van der Waals surface area contributed by atoms with Crippen molar-refractivity contribution in [3.8, 4) is 0 Å². The molecule has 0 spiro atoms. The summed E-state index contributed by atoms with van der Waals surface area (Å²) in [5, 5.41) is 5.42. The SMILES string of the molecule is Cc1ccc(S(=O)(=O)N(CC(=O)NCc2cccc3ccccc23)c2ccc(Cl)c(Cl)c2)cc1. The summed E-state index contributed by atoms with van der Waals surface area (Å²) >= 11 is 12.2. The van der Waals surface area contributed by atoms with Gasteiger partial charge in [-0.25, -0.2) is 8.42 Å². The van der Waals surface area contributed by atoms with Gasteiger partial charge in [0.05, 0.1) is 20.6 Å². The highest BCUT2D eigenvalue weighted by Crippen LogP contribution is 2.30. The van der Waals surface area contributed by atoms with Gasteiger partial charge in [-0.3, -0.25) is 9.10 Å². The van der Waals surface area contributed by atoms with Crippen LogP contribution in [0.3, 0.4) is 0 Å². The van der Waals surface area contributed by atoms with Crippen molar-refractivity contribution < 1.29 is 13.2 Å². The maximum atomic E-state index is 13.5. The summed E-state index contributed by atoms with van der Waals surface area (Å²) in [7, 11) is -4.04. The second kappa shape index (κ2) is 10.1. The van der Waals surface area contributed by atoms with Gasteiger partial charge in [0.1, 0.15) is 6.54 Å². The quantitative estimate of drug-likeness (QED) is 0.331. The van der Waals surface area contributed by atoms with Gasteiger partial charge >= 0.3 is 0 Å². The third kappa shape index (κ3) is 5.20. The van der Waals surface area contributed by atoms with Gasteiger partial charge in [0.2, 0.25) is 5.91 Å². The molecule has 4 rings (SSSR count). The van der Waals surface area contributed by atoms with Crippen LogP contribution in [0.5, 0.6) is 0 Å². The van der Waals surface area contributed by atoms with Crippen LogP contribution < -0.4 is 9.62 Å². The molecule has 0 aliphatic rings. The Morgan fingerprint density at radius 3 is 2.32 bits per heavy atom. The zero-order valence-corrected chi connectivity index (χ0v) is 20.7. The van der Waals surface area contributed by atoms with E-state index in [0.29, 0.717) is 5.02 Å². The summed E-state index contributed by atoms with van der Waals surface area (Å²) in [5.74, 6) is -0.449. The molecule has 0 fully saturated rings. The van der Waals surface area contributed by atoms with E-state index in [4.69, 9.17) is 23.2 Å². The Labute approximate surface area is 209 Å². The molecule has 0 aliphatic heterocycles. The van der Waals surface area contributed by atoms with Crippen LogP contribution in [-0.4, -0.2) is 20.9 Å². The van der Waals surface area contributed by atoms with Crippen molar-refractivity contribution in [1.82, 2.24) is 5.32 Å². The lowest BCUT2D eigenvalue weighted by Gasteiger charge is -2.24. The second-order valence-corrected chi connectivity index (χ2v) is 10.5. The summed E-state index contributed by atoms with van der Waals surface area (Å²) in [6.45, 7) is 1.72. The molecule has 174 valence electrons. The Kier molecular flexibility index (Phi) is 7.12. The number of benzene rings is 4. The van der Waals surface area contributed by atoms with Crippen LogP contribution in [0, 0.1) is 6.92 Å². The summed E-state index contributed by atoms with van der Waals surface area (Å²) < 4.78 is 28.0. The molecule has 0 heterocycles. The lowest BCUT2D eigenvalue weighted by Crippen LogP contribution is -2.40. The molecule has 0 saturated heterocycles. The Hall–Kier alpha value is -3.06. The van der Waals surface area contributed by atoms with Gasteiger partial charge in [-0.2, -0.15) is 0 Å². The summed E-state index contributed by atoms with van der Waals surface area (Å²) in [5.41, 5.74) is 2.11. The predicted octanol–water partition coefficient (Wildman–Crippen LogP) is 5.97. The van der Waals surface area contributed by atoms with Crippen molar-refractivity contribution in [1.29, 1.82) is 0 Å². The number of hydrogen-bond donors (Lipinski definition) is 1. The van der Waals surface area contributed by atoms with Crippen molar-refractivity contribution in [3.05, 3.63) is 106 Å². The molecule has 4 aromatic carbocycles. The monoisotopic (exact) mass is 512 g/mol. The molecule has 0 atom stereocenters. The van der Waals surface area contributed by atoms with Crippen molar-refractivity contribution in [2.24, 2.45) is 0 Å². The van der Waals surface area contributed by atoms with E-state index in [1.54, 1.807) is 12.1 Å². The highest BCUT2D eigenvalue weighted by Gasteiger charge is 2.27. The molecule has 0 saturated carbocycles. The second-order valence-electron chi connectivity index (χ2n) is 7.84. The Balaban J connectivity index is 1.61. The first-order valence-electron chi connectivity index (χ1n) is 10.5. The minimum atomic E-state index is -4.04. The number of halogens is 2. The van der Waals surface area contributed by atoms with Gasteiger partial charge in [0.25, 0.3) is 10.0 Å². The minimum absolute atomic E-state index is 0.0750. The van der Waals surface area contributed by atoms with E-state index in [1.807, 2.05) is 49.4 Å². The van der Waals surface area contributed by atoms with E-state index in [2.05, 4.69) is 5.32 Å². The van der Waals surface area contributed by atoms with E-state index < -0.39 is 22.5 Å². The van der Waals surface area contributed by atoms with Crippen LogP contribution in [0.1, 0.15) is 11.1 Å². The van der Waals surface area contributed by atoms with Crippen molar-refractivity contribution in [2.45, 2.75) is 18.4 Å². The average molecular weight is 513 g/mol. The van der Waals surface area contributed by atoms with Crippen molar-refractivity contribution in [2.75, 3.05) is 10.8 Å². The van der Waals surface area contributed by atoms with Gasteiger partial charge in [0, 0.05) is 6.54 Å². The fourth-order valence-corrected chi connectivity index (χ4v) is 5.32. The standard InChI is InChI=1S/C26H22Cl2N2O3S/c1-18-9-12-22(13-10-18)34(32,33)30(21-11-14-24(27)25(28)15-21)17-26(31)29-16-20-7-4-6-19-5-2-3-8-23(19)20/h2-15H,16-17H2,1H3,(H,29,31). The fourth-order valence-electron chi connectivity index (χ4n) is 3.62. The number of sulfonamides is 1. The van der Waals surface area contributed by atoms with E-state index in [1.165, 1.54) is 30.3 Å². The van der Waals surface area contributed by atoms with Gasteiger partial charge in [-0.15, -0.1) is 0 Å². The first kappa shape index (κ1) is 24.1. The lowest BCUT2D eigenvalue weighted by molar-refractivity contribution is -0.119. The van der Waals surface area contributed by atoms with Gasteiger partial charge in [-0.05, 0) is 53.6 Å². The number of nitrogens with zero attached hydrogens (tertiary/aromatic N) is 1. The average Bonchev–Trinajstić information content (AvgIpc) is 2.83. The molecule has 0 unspecified atom stereocenters. The first-order chi connectivity index (χ1) is 16.3. The Bertz CT molecular complexity index is 1450. The van der Waals surface area contributed by atoms with E-state index in [9.17, 15) is 13.2 Å². The molecule has 0 bridgehead atoms. The number of nitrogens with one attached hydrogen (secondary N) is 1. The number of carbonyl (C=O) groups excluding carboxylic acids is 1.